The van der Waals surface area contributed by atoms with Crippen molar-refractivity contribution in [1.29, 1.82) is 0 Å². The van der Waals surface area contributed by atoms with Gasteiger partial charge in [-0.15, -0.1) is 0 Å². The van der Waals surface area contributed by atoms with Gasteiger partial charge in [-0.1, -0.05) is 29.8 Å². The van der Waals surface area contributed by atoms with Crippen molar-refractivity contribution in [2.45, 2.75) is 24.9 Å². The predicted molar refractivity (Wildman–Crippen MR) is 73.0 cm³/mol. The summed E-state index contributed by atoms with van der Waals surface area (Å²) in [5.41, 5.74) is 0.352. The van der Waals surface area contributed by atoms with Crippen LogP contribution in [0.1, 0.15) is 24.2 Å². The molecule has 1 atom stereocenters. The molecule has 7 heteroatoms. The molecular weight excluding hydrogens is 339 g/mol. The number of nitrogens with one attached hydrogen (secondary N) is 1. The van der Waals surface area contributed by atoms with E-state index in [2.05, 4.69) is 15.9 Å². The average molecular weight is 352 g/mol. The highest BCUT2D eigenvalue weighted by Crippen LogP contribution is 2.21. The van der Waals surface area contributed by atoms with Gasteiger partial charge in [0.1, 0.15) is 0 Å². The number of amides is 1. The lowest BCUT2D eigenvalue weighted by Crippen LogP contribution is -2.29. The van der Waals surface area contributed by atoms with Gasteiger partial charge in [-0.2, -0.15) is 13.2 Å². The molecule has 0 bridgehead atoms. The molecule has 0 spiro atoms. The number of alkyl halides is 4. The summed E-state index contributed by atoms with van der Waals surface area (Å²) in [6.07, 6.45) is -4.94. The van der Waals surface area contributed by atoms with Gasteiger partial charge in [0.05, 0.1) is 4.83 Å². The van der Waals surface area contributed by atoms with Crippen LogP contribution in [0.2, 0.25) is 0 Å². The largest absolute Gasteiger partial charge is 0.471 e. The van der Waals surface area contributed by atoms with E-state index in [9.17, 15) is 22.8 Å². The van der Waals surface area contributed by atoms with Gasteiger partial charge < -0.3 is 5.32 Å². The van der Waals surface area contributed by atoms with Gasteiger partial charge in [-0.25, -0.2) is 0 Å². The number of hydrogen-bond acceptors (Lipinski definition) is 2. The second-order valence-corrected chi connectivity index (χ2v) is 5.53. The van der Waals surface area contributed by atoms with Crippen LogP contribution >= 0.6 is 15.9 Å². The van der Waals surface area contributed by atoms with Crippen LogP contribution in [0.25, 0.3) is 0 Å². The number of benzene rings is 1. The summed E-state index contributed by atoms with van der Waals surface area (Å²) in [7, 11) is 0. The van der Waals surface area contributed by atoms with Gasteiger partial charge >= 0.3 is 12.1 Å². The quantitative estimate of drug-likeness (QED) is 0.662. The van der Waals surface area contributed by atoms with Gasteiger partial charge in [-0.3, -0.25) is 9.59 Å². The zero-order valence-corrected chi connectivity index (χ0v) is 12.4. The second kappa shape index (κ2) is 6.39. The lowest BCUT2D eigenvalue weighted by molar-refractivity contribution is -0.167. The molecule has 0 aliphatic rings. The van der Waals surface area contributed by atoms with E-state index in [0.29, 0.717) is 5.56 Å². The zero-order valence-electron chi connectivity index (χ0n) is 10.8. The average Bonchev–Trinajstić information content (AvgIpc) is 2.36. The van der Waals surface area contributed by atoms with E-state index < -0.39 is 12.1 Å². The maximum atomic E-state index is 12.1. The van der Waals surface area contributed by atoms with Crippen LogP contribution in [0.5, 0.6) is 0 Å². The van der Waals surface area contributed by atoms with E-state index in [1.165, 1.54) is 24.3 Å². The Morgan fingerprint density at radius 1 is 1.15 bits per heavy atom. The molecule has 0 fully saturated rings. The fourth-order valence-corrected chi connectivity index (χ4v) is 1.65. The van der Waals surface area contributed by atoms with Gasteiger partial charge in [0, 0.05) is 11.3 Å². The van der Waals surface area contributed by atoms with Crippen molar-refractivity contribution < 1.29 is 22.8 Å². The molecule has 0 radical (unpaired) electrons. The Morgan fingerprint density at radius 2 is 1.65 bits per heavy atom. The van der Waals surface area contributed by atoms with Crippen LogP contribution in [0, 0.1) is 5.92 Å². The maximum Gasteiger partial charge on any atom is 0.471 e. The topological polar surface area (TPSA) is 46.2 Å². The van der Waals surface area contributed by atoms with Crippen LogP contribution in [0.3, 0.4) is 0 Å². The lowest BCUT2D eigenvalue weighted by Gasteiger charge is -2.13. The Labute approximate surface area is 122 Å². The Morgan fingerprint density at radius 3 is 2.05 bits per heavy atom. The normalized spacial score (nSPS) is 13.2. The Bertz CT molecular complexity index is 497. The van der Waals surface area contributed by atoms with Crippen molar-refractivity contribution in [3.8, 4) is 0 Å². The summed E-state index contributed by atoms with van der Waals surface area (Å²) in [5.74, 6) is -2.11. The molecule has 0 aliphatic carbocycles. The van der Waals surface area contributed by atoms with E-state index in [-0.39, 0.29) is 22.2 Å². The summed E-state index contributed by atoms with van der Waals surface area (Å²) in [4.78, 5) is 22.3. The number of anilines is 1. The number of hydrogen-bond donors (Lipinski definition) is 1. The first kappa shape index (κ1) is 16.7. The second-order valence-electron chi connectivity index (χ2n) is 4.54. The molecular formula is C13H13BrF3NO2. The van der Waals surface area contributed by atoms with Crippen molar-refractivity contribution >= 4 is 33.3 Å². The van der Waals surface area contributed by atoms with Crippen molar-refractivity contribution in [1.82, 2.24) is 0 Å². The molecule has 1 aromatic rings. The molecule has 20 heavy (non-hydrogen) atoms. The molecule has 110 valence electrons. The molecule has 0 saturated heterocycles. The third kappa shape index (κ3) is 4.33. The lowest BCUT2D eigenvalue weighted by atomic mass is 10.0. The number of Topliss-reactive ketones (excluding diaryl/α,β-unsaturated/α-hetero) is 1. The molecule has 0 aliphatic heterocycles. The molecule has 1 unspecified atom stereocenters. The number of carbonyl (C=O) groups is 2. The van der Waals surface area contributed by atoms with Crippen LogP contribution in [0.15, 0.2) is 24.3 Å². The van der Waals surface area contributed by atoms with Crippen molar-refractivity contribution in [2.24, 2.45) is 5.92 Å². The minimum atomic E-state index is -4.94. The first-order valence-corrected chi connectivity index (χ1v) is 6.71. The molecule has 1 amide bonds. The van der Waals surface area contributed by atoms with Crippen LogP contribution in [-0.4, -0.2) is 22.7 Å². The number of carbonyl (C=O) groups excluding carboxylic acids is 2. The monoisotopic (exact) mass is 351 g/mol. The summed E-state index contributed by atoms with van der Waals surface area (Å²) >= 11 is 3.26. The van der Waals surface area contributed by atoms with E-state index >= 15 is 0 Å². The fraction of sp³-hybridized carbons (Fsp3) is 0.385. The number of ketones is 1. The Balaban J connectivity index is 2.80. The summed E-state index contributed by atoms with van der Waals surface area (Å²) in [6, 6.07) is 5.28. The SMILES string of the molecule is CC(C)C(Br)C(=O)c1ccc(NC(=O)C(F)(F)F)cc1. The Kier molecular flexibility index (Phi) is 5.33. The fourth-order valence-electron chi connectivity index (χ4n) is 1.38. The van der Waals surface area contributed by atoms with Crippen molar-refractivity contribution in [2.75, 3.05) is 5.32 Å². The third-order valence-electron chi connectivity index (χ3n) is 2.52. The van der Waals surface area contributed by atoms with Crippen LogP contribution in [0.4, 0.5) is 18.9 Å². The summed E-state index contributed by atoms with van der Waals surface area (Å²) < 4.78 is 36.2. The third-order valence-corrected chi connectivity index (χ3v) is 3.99. The van der Waals surface area contributed by atoms with Gasteiger partial charge in [0.25, 0.3) is 0 Å². The minimum Gasteiger partial charge on any atom is -0.318 e. The highest BCUT2D eigenvalue weighted by atomic mass is 79.9. The molecule has 0 aromatic heterocycles. The number of rotatable bonds is 4. The predicted octanol–water partition coefficient (Wildman–Crippen LogP) is 3.79. The van der Waals surface area contributed by atoms with Gasteiger partial charge in [-0.05, 0) is 30.2 Å². The summed E-state index contributed by atoms with van der Waals surface area (Å²) in [6.45, 7) is 3.74. The first-order valence-electron chi connectivity index (χ1n) is 5.79. The smallest absolute Gasteiger partial charge is 0.318 e. The van der Waals surface area contributed by atoms with Gasteiger partial charge in [0.15, 0.2) is 5.78 Å². The molecule has 0 heterocycles. The van der Waals surface area contributed by atoms with Crippen LogP contribution in [-0.2, 0) is 4.79 Å². The Hall–Kier alpha value is -1.37. The number of halogens is 4. The molecule has 1 aromatic carbocycles. The zero-order chi connectivity index (χ0) is 15.5. The molecule has 0 saturated carbocycles. The van der Waals surface area contributed by atoms with Crippen molar-refractivity contribution in [3.05, 3.63) is 29.8 Å². The van der Waals surface area contributed by atoms with Gasteiger partial charge in [0.2, 0.25) is 0 Å². The van der Waals surface area contributed by atoms with E-state index in [1.54, 1.807) is 5.32 Å². The van der Waals surface area contributed by atoms with Crippen molar-refractivity contribution in [3.63, 3.8) is 0 Å². The standard InChI is InChI=1S/C13H13BrF3NO2/c1-7(2)10(14)11(19)8-3-5-9(6-4-8)18-12(20)13(15,16)17/h3-7,10H,1-2H3,(H,18,20). The highest BCUT2D eigenvalue weighted by Gasteiger charge is 2.38. The van der Waals surface area contributed by atoms with E-state index in [4.69, 9.17) is 0 Å². The summed E-state index contributed by atoms with van der Waals surface area (Å²) in [5, 5.41) is 1.71. The minimum absolute atomic E-state index is 0.0143. The van der Waals surface area contributed by atoms with E-state index in [1.807, 2.05) is 13.8 Å². The maximum absolute atomic E-state index is 12.1. The van der Waals surface area contributed by atoms with E-state index in [0.717, 1.165) is 0 Å². The van der Waals surface area contributed by atoms with Crippen LogP contribution < -0.4 is 5.32 Å². The molecule has 1 N–H and O–H groups in total. The molecule has 3 nitrogen and oxygen atoms in total. The first-order chi connectivity index (χ1) is 9.12. The highest BCUT2D eigenvalue weighted by molar-refractivity contribution is 9.10. The molecule has 1 rings (SSSR count).